The average Bonchev–Trinajstić information content (AvgIpc) is 2.17. The van der Waals surface area contributed by atoms with E-state index in [1.807, 2.05) is 20.8 Å². The first-order valence-corrected chi connectivity index (χ1v) is 5.05. The molecule has 4 heteroatoms. The number of hydrogen-bond donors (Lipinski definition) is 1. The van der Waals surface area contributed by atoms with Crippen molar-refractivity contribution >= 4 is 17.8 Å². The van der Waals surface area contributed by atoms with Gasteiger partial charge in [-0.2, -0.15) is 0 Å². The van der Waals surface area contributed by atoms with Gasteiger partial charge in [0.2, 0.25) is 0 Å². The number of carbonyl (C=O) groups excluding carboxylic acids is 1. The highest BCUT2D eigenvalue weighted by Crippen LogP contribution is 2.20. The molecule has 1 aromatic rings. The number of aryl methyl sites for hydroxylation is 1. The number of amides is 1. The van der Waals surface area contributed by atoms with Crippen LogP contribution in [0, 0.1) is 6.92 Å². The van der Waals surface area contributed by atoms with Crippen molar-refractivity contribution in [3.8, 4) is 5.75 Å². The lowest BCUT2D eigenvalue weighted by Gasteiger charge is -2.09. The van der Waals surface area contributed by atoms with Crippen LogP contribution in [0.15, 0.2) is 18.2 Å². The van der Waals surface area contributed by atoms with E-state index < -0.39 is 0 Å². The molecule has 0 spiro atoms. The van der Waals surface area contributed by atoms with Crippen LogP contribution in [0.4, 0.5) is 0 Å². The SMILES string of the molecule is Cc1ccc(C(=O)NC(C)C)cc1OCl. The molecular weight excluding hydrogens is 214 g/mol. The molecule has 1 amide bonds. The van der Waals surface area contributed by atoms with Crippen molar-refractivity contribution in [1.82, 2.24) is 5.32 Å². The summed E-state index contributed by atoms with van der Waals surface area (Å²) in [5, 5.41) is 2.79. The lowest BCUT2D eigenvalue weighted by molar-refractivity contribution is 0.0943. The van der Waals surface area contributed by atoms with Crippen LogP contribution in [-0.4, -0.2) is 11.9 Å². The Labute approximate surface area is 94.6 Å². The molecule has 15 heavy (non-hydrogen) atoms. The number of benzene rings is 1. The largest absolute Gasteiger partial charge is 0.385 e. The third-order valence-electron chi connectivity index (χ3n) is 1.95. The first-order valence-electron chi connectivity index (χ1n) is 4.74. The molecule has 0 bridgehead atoms. The van der Waals surface area contributed by atoms with Gasteiger partial charge in [-0.25, -0.2) is 0 Å². The van der Waals surface area contributed by atoms with Gasteiger partial charge in [-0.05, 0) is 38.5 Å². The van der Waals surface area contributed by atoms with Crippen LogP contribution in [0.25, 0.3) is 0 Å². The molecule has 0 fully saturated rings. The summed E-state index contributed by atoms with van der Waals surface area (Å²) in [7, 11) is 0. The quantitative estimate of drug-likeness (QED) is 0.862. The van der Waals surface area contributed by atoms with Crippen molar-refractivity contribution < 1.29 is 9.08 Å². The molecular formula is C11H14ClNO2. The van der Waals surface area contributed by atoms with Crippen molar-refractivity contribution in [2.75, 3.05) is 0 Å². The summed E-state index contributed by atoms with van der Waals surface area (Å²) in [5.74, 6) is 0.382. The Hall–Kier alpha value is -1.22. The van der Waals surface area contributed by atoms with Gasteiger partial charge in [-0.1, -0.05) is 6.07 Å². The van der Waals surface area contributed by atoms with Crippen molar-refractivity contribution in [3.63, 3.8) is 0 Å². The molecule has 82 valence electrons. The van der Waals surface area contributed by atoms with E-state index in [1.54, 1.807) is 18.2 Å². The monoisotopic (exact) mass is 227 g/mol. The van der Waals surface area contributed by atoms with Crippen LogP contribution in [0.5, 0.6) is 5.75 Å². The number of nitrogens with one attached hydrogen (secondary N) is 1. The van der Waals surface area contributed by atoms with Crippen molar-refractivity contribution in [1.29, 1.82) is 0 Å². The fourth-order valence-electron chi connectivity index (χ4n) is 1.17. The summed E-state index contributed by atoms with van der Waals surface area (Å²) < 4.78 is 4.63. The van der Waals surface area contributed by atoms with E-state index in [2.05, 4.69) is 9.61 Å². The predicted molar refractivity (Wildman–Crippen MR) is 60.3 cm³/mol. The van der Waals surface area contributed by atoms with Gasteiger partial charge in [0, 0.05) is 11.6 Å². The van der Waals surface area contributed by atoms with Gasteiger partial charge < -0.3 is 9.61 Å². The van der Waals surface area contributed by atoms with E-state index in [4.69, 9.17) is 11.9 Å². The van der Waals surface area contributed by atoms with Crippen LogP contribution in [0.1, 0.15) is 29.8 Å². The Bertz CT molecular complexity index is 364. The van der Waals surface area contributed by atoms with E-state index in [-0.39, 0.29) is 11.9 Å². The summed E-state index contributed by atoms with van der Waals surface area (Å²) in [6.45, 7) is 5.68. The smallest absolute Gasteiger partial charge is 0.251 e. The zero-order valence-electron chi connectivity index (χ0n) is 9.00. The number of rotatable bonds is 3. The van der Waals surface area contributed by atoms with Crippen LogP contribution in [0.3, 0.4) is 0 Å². The predicted octanol–water partition coefficient (Wildman–Crippen LogP) is 2.67. The maximum Gasteiger partial charge on any atom is 0.251 e. The van der Waals surface area contributed by atoms with Gasteiger partial charge in [0.25, 0.3) is 5.91 Å². The summed E-state index contributed by atoms with van der Waals surface area (Å²) >= 11 is 5.28. The Morgan fingerprint density at radius 3 is 2.67 bits per heavy atom. The second-order valence-corrected chi connectivity index (χ2v) is 3.84. The summed E-state index contributed by atoms with van der Waals surface area (Å²) in [5.41, 5.74) is 1.44. The molecule has 0 saturated heterocycles. The minimum absolute atomic E-state index is 0.110. The third-order valence-corrected chi connectivity index (χ3v) is 2.12. The summed E-state index contributed by atoms with van der Waals surface area (Å²) in [6.07, 6.45) is 0. The minimum atomic E-state index is -0.125. The zero-order valence-corrected chi connectivity index (χ0v) is 9.76. The number of carbonyl (C=O) groups is 1. The Kier molecular flexibility index (Phi) is 3.97. The summed E-state index contributed by atoms with van der Waals surface area (Å²) in [6, 6.07) is 5.28. The van der Waals surface area contributed by atoms with E-state index in [0.717, 1.165) is 5.56 Å². The molecule has 1 aromatic carbocycles. The molecule has 0 heterocycles. The Morgan fingerprint density at radius 2 is 2.13 bits per heavy atom. The maximum absolute atomic E-state index is 11.6. The first kappa shape index (κ1) is 11.9. The van der Waals surface area contributed by atoms with Gasteiger partial charge in [0.05, 0.1) is 0 Å². The van der Waals surface area contributed by atoms with Gasteiger partial charge in [0.1, 0.15) is 17.6 Å². The number of hydrogen-bond acceptors (Lipinski definition) is 2. The van der Waals surface area contributed by atoms with Crippen LogP contribution in [-0.2, 0) is 0 Å². The second kappa shape index (κ2) is 5.03. The van der Waals surface area contributed by atoms with Crippen LogP contribution < -0.4 is 9.61 Å². The molecule has 3 nitrogen and oxygen atoms in total. The fourth-order valence-corrected chi connectivity index (χ4v) is 1.34. The lowest BCUT2D eigenvalue weighted by atomic mass is 10.1. The standard InChI is InChI=1S/C11H14ClNO2/c1-7(2)13-11(14)9-5-4-8(3)10(6-9)15-12/h4-7H,1-3H3,(H,13,14). The average molecular weight is 228 g/mol. The van der Waals surface area contributed by atoms with Crippen molar-refractivity contribution in [2.45, 2.75) is 26.8 Å². The molecule has 0 aliphatic rings. The maximum atomic E-state index is 11.6. The molecule has 0 atom stereocenters. The zero-order chi connectivity index (χ0) is 11.4. The molecule has 0 unspecified atom stereocenters. The van der Waals surface area contributed by atoms with E-state index in [0.29, 0.717) is 11.3 Å². The molecule has 0 aliphatic heterocycles. The van der Waals surface area contributed by atoms with Gasteiger partial charge >= 0.3 is 0 Å². The van der Waals surface area contributed by atoms with Crippen LogP contribution in [0.2, 0.25) is 0 Å². The highest BCUT2D eigenvalue weighted by molar-refractivity contribution is 6.09. The van der Waals surface area contributed by atoms with Crippen molar-refractivity contribution in [3.05, 3.63) is 29.3 Å². The van der Waals surface area contributed by atoms with Gasteiger partial charge in [0.15, 0.2) is 0 Å². The summed E-state index contributed by atoms with van der Waals surface area (Å²) in [4.78, 5) is 11.6. The van der Waals surface area contributed by atoms with Gasteiger partial charge in [-0.15, -0.1) is 0 Å². The Balaban J connectivity index is 2.91. The normalized spacial score (nSPS) is 10.2. The highest BCUT2D eigenvalue weighted by Gasteiger charge is 2.09. The van der Waals surface area contributed by atoms with Crippen LogP contribution >= 0.6 is 11.9 Å². The molecule has 1 rings (SSSR count). The molecule has 0 aromatic heterocycles. The Morgan fingerprint density at radius 1 is 1.47 bits per heavy atom. The third kappa shape index (κ3) is 3.13. The first-order chi connectivity index (χ1) is 7.04. The second-order valence-electron chi connectivity index (χ2n) is 3.69. The molecule has 0 aliphatic carbocycles. The van der Waals surface area contributed by atoms with Crippen molar-refractivity contribution in [2.24, 2.45) is 0 Å². The molecule has 1 N–H and O–H groups in total. The fraction of sp³-hybridized carbons (Fsp3) is 0.364. The van der Waals surface area contributed by atoms with E-state index in [9.17, 15) is 4.79 Å². The van der Waals surface area contributed by atoms with Gasteiger partial charge in [-0.3, -0.25) is 4.79 Å². The highest BCUT2D eigenvalue weighted by atomic mass is 35.5. The molecule has 0 radical (unpaired) electrons. The number of halogens is 1. The van der Waals surface area contributed by atoms with E-state index >= 15 is 0 Å². The molecule has 0 saturated carbocycles. The minimum Gasteiger partial charge on any atom is -0.385 e. The van der Waals surface area contributed by atoms with E-state index in [1.165, 1.54) is 0 Å². The topological polar surface area (TPSA) is 38.3 Å². The lowest BCUT2D eigenvalue weighted by Crippen LogP contribution is -2.30.